The molecular weight excluding hydrogens is 336 g/mol. The van der Waals surface area contributed by atoms with Crippen molar-refractivity contribution < 1.29 is 4.79 Å². The number of benzene rings is 1. The second-order valence-corrected chi connectivity index (χ2v) is 7.06. The summed E-state index contributed by atoms with van der Waals surface area (Å²) in [5.74, 6) is 0.471. The molecule has 5 nitrogen and oxygen atoms in total. The average Bonchev–Trinajstić information content (AvgIpc) is 3.37. The topological polar surface area (TPSA) is 59.8 Å². The number of pyridine rings is 1. The maximum absolute atomic E-state index is 12.5. The lowest BCUT2D eigenvalue weighted by Crippen LogP contribution is -2.20. The van der Waals surface area contributed by atoms with Gasteiger partial charge in [-0.1, -0.05) is 17.7 Å². The second kappa shape index (κ2) is 6.15. The molecule has 0 radical (unpaired) electrons. The van der Waals surface area contributed by atoms with Gasteiger partial charge in [0.2, 0.25) is 5.91 Å². The van der Waals surface area contributed by atoms with Crippen molar-refractivity contribution in [3.8, 4) is 0 Å². The molecule has 1 aromatic carbocycles. The van der Waals surface area contributed by atoms with Crippen LogP contribution in [-0.2, 0) is 11.3 Å². The minimum atomic E-state index is -0.145. The Bertz CT molecular complexity index is 975. The van der Waals surface area contributed by atoms with Crippen molar-refractivity contribution in [1.29, 1.82) is 0 Å². The minimum absolute atomic E-state index is 0.122. The van der Waals surface area contributed by atoms with Crippen molar-refractivity contribution >= 4 is 34.2 Å². The molecule has 1 amide bonds. The van der Waals surface area contributed by atoms with Crippen LogP contribution in [0, 0.1) is 13.8 Å². The lowest BCUT2D eigenvalue weighted by molar-refractivity contribution is -0.116. The first-order valence-electron chi connectivity index (χ1n) is 8.41. The van der Waals surface area contributed by atoms with Crippen LogP contribution in [0.15, 0.2) is 30.5 Å². The molecule has 0 bridgehead atoms. The molecule has 6 heteroatoms. The summed E-state index contributed by atoms with van der Waals surface area (Å²) in [5.41, 5.74) is 4.70. The number of carbonyl (C=O) groups is 1. The van der Waals surface area contributed by atoms with Gasteiger partial charge in [-0.15, -0.1) is 0 Å². The summed E-state index contributed by atoms with van der Waals surface area (Å²) in [4.78, 5) is 17.0. The van der Waals surface area contributed by atoms with E-state index in [1.54, 1.807) is 16.8 Å². The highest BCUT2D eigenvalue weighted by Gasteiger charge is 2.27. The molecule has 1 aliphatic rings. The van der Waals surface area contributed by atoms with Crippen molar-refractivity contribution in [2.45, 2.75) is 39.2 Å². The fraction of sp³-hybridized carbons (Fsp3) is 0.316. The molecule has 1 fully saturated rings. The van der Waals surface area contributed by atoms with Gasteiger partial charge in [0.1, 0.15) is 6.54 Å². The fourth-order valence-electron chi connectivity index (χ4n) is 3.21. The van der Waals surface area contributed by atoms with Gasteiger partial charge in [0.15, 0.2) is 5.65 Å². The Balaban J connectivity index is 1.61. The Morgan fingerprint density at radius 2 is 2.12 bits per heavy atom. The van der Waals surface area contributed by atoms with Crippen molar-refractivity contribution in [3.05, 3.63) is 52.3 Å². The Labute approximate surface area is 151 Å². The van der Waals surface area contributed by atoms with Crippen molar-refractivity contribution in [3.63, 3.8) is 0 Å². The Kier molecular flexibility index (Phi) is 3.96. The first-order valence-corrected chi connectivity index (χ1v) is 8.79. The van der Waals surface area contributed by atoms with E-state index in [1.165, 1.54) is 18.4 Å². The van der Waals surface area contributed by atoms with Gasteiger partial charge in [-0.2, -0.15) is 5.10 Å². The third-order valence-corrected chi connectivity index (χ3v) is 4.86. The van der Waals surface area contributed by atoms with E-state index in [2.05, 4.69) is 21.5 Å². The normalized spacial score (nSPS) is 14.0. The fourth-order valence-corrected chi connectivity index (χ4v) is 3.38. The number of nitrogens with one attached hydrogen (secondary N) is 1. The molecule has 2 heterocycles. The van der Waals surface area contributed by atoms with Crippen LogP contribution in [0.2, 0.25) is 5.02 Å². The highest BCUT2D eigenvalue weighted by atomic mass is 35.5. The Hall–Kier alpha value is -2.40. The van der Waals surface area contributed by atoms with E-state index in [0.717, 1.165) is 28.0 Å². The number of halogens is 1. The number of amides is 1. The zero-order chi connectivity index (χ0) is 17.6. The molecule has 1 aliphatic carbocycles. The number of anilines is 1. The predicted molar refractivity (Wildman–Crippen MR) is 99.1 cm³/mol. The third kappa shape index (κ3) is 3.12. The van der Waals surface area contributed by atoms with Gasteiger partial charge in [-0.05, 0) is 61.9 Å². The van der Waals surface area contributed by atoms with Crippen LogP contribution in [0.25, 0.3) is 11.0 Å². The minimum Gasteiger partial charge on any atom is -0.324 e. The average molecular weight is 355 g/mol. The van der Waals surface area contributed by atoms with Gasteiger partial charge in [0.25, 0.3) is 0 Å². The van der Waals surface area contributed by atoms with Gasteiger partial charge in [0.05, 0.1) is 5.69 Å². The van der Waals surface area contributed by atoms with E-state index in [1.807, 2.05) is 26.1 Å². The number of aromatic nitrogens is 3. The predicted octanol–water partition coefficient (Wildman–Crippen LogP) is 4.22. The smallest absolute Gasteiger partial charge is 0.246 e. The van der Waals surface area contributed by atoms with E-state index in [-0.39, 0.29) is 12.5 Å². The monoisotopic (exact) mass is 354 g/mol. The number of carbonyl (C=O) groups excluding carboxylic acids is 1. The van der Waals surface area contributed by atoms with Crippen LogP contribution in [0.1, 0.15) is 35.6 Å². The largest absolute Gasteiger partial charge is 0.324 e. The van der Waals surface area contributed by atoms with E-state index in [4.69, 9.17) is 11.6 Å². The van der Waals surface area contributed by atoms with Crippen LogP contribution in [0.4, 0.5) is 5.69 Å². The first-order chi connectivity index (χ1) is 12.0. The lowest BCUT2D eigenvalue weighted by atomic mass is 10.1. The van der Waals surface area contributed by atoms with Crippen LogP contribution in [0.3, 0.4) is 0 Å². The lowest BCUT2D eigenvalue weighted by Gasteiger charge is -2.09. The summed E-state index contributed by atoms with van der Waals surface area (Å²) in [6.07, 6.45) is 4.25. The van der Waals surface area contributed by atoms with Crippen LogP contribution in [-0.4, -0.2) is 20.7 Å². The molecule has 4 rings (SSSR count). The number of aryl methyl sites for hydroxylation is 2. The molecule has 0 unspecified atom stereocenters. The summed E-state index contributed by atoms with van der Waals surface area (Å²) < 4.78 is 1.69. The molecule has 25 heavy (non-hydrogen) atoms. The SMILES string of the molecule is Cc1ccc(Cl)cc1NC(=O)Cn1nc(C)c2c(C3CC3)ccnc21. The van der Waals surface area contributed by atoms with E-state index in [9.17, 15) is 4.79 Å². The Morgan fingerprint density at radius 1 is 1.32 bits per heavy atom. The number of hydrogen-bond donors (Lipinski definition) is 1. The molecule has 2 aromatic heterocycles. The van der Waals surface area contributed by atoms with Gasteiger partial charge in [-0.3, -0.25) is 4.79 Å². The van der Waals surface area contributed by atoms with Gasteiger partial charge in [-0.25, -0.2) is 9.67 Å². The van der Waals surface area contributed by atoms with Crippen LogP contribution >= 0.6 is 11.6 Å². The molecule has 0 saturated heterocycles. The Morgan fingerprint density at radius 3 is 2.88 bits per heavy atom. The summed E-state index contributed by atoms with van der Waals surface area (Å²) in [7, 11) is 0. The highest BCUT2D eigenvalue weighted by molar-refractivity contribution is 6.31. The standard InChI is InChI=1S/C19H19ClN4O/c1-11-3-6-14(20)9-16(11)22-17(25)10-24-19-18(12(2)23-24)15(7-8-21-19)13-4-5-13/h3,6-9,13H,4-5,10H2,1-2H3,(H,22,25). The molecule has 128 valence electrons. The molecule has 1 saturated carbocycles. The third-order valence-electron chi connectivity index (χ3n) is 4.62. The van der Waals surface area contributed by atoms with Crippen LogP contribution < -0.4 is 5.32 Å². The summed E-state index contributed by atoms with van der Waals surface area (Å²) in [6, 6.07) is 7.52. The second-order valence-electron chi connectivity index (χ2n) is 6.62. The van der Waals surface area contributed by atoms with E-state index < -0.39 is 0 Å². The zero-order valence-electron chi connectivity index (χ0n) is 14.2. The summed E-state index contributed by atoms with van der Waals surface area (Å²) in [5, 5.41) is 9.15. The van der Waals surface area contributed by atoms with E-state index in [0.29, 0.717) is 10.9 Å². The van der Waals surface area contributed by atoms with Crippen molar-refractivity contribution in [1.82, 2.24) is 14.8 Å². The van der Waals surface area contributed by atoms with Gasteiger partial charge < -0.3 is 5.32 Å². The van der Waals surface area contributed by atoms with Crippen molar-refractivity contribution in [2.24, 2.45) is 0 Å². The molecule has 1 N–H and O–H groups in total. The molecule has 3 aromatic rings. The maximum atomic E-state index is 12.5. The van der Waals surface area contributed by atoms with Crippen molar-refractivity contribution in [2.75, 3.05) is 5.32 Å². The quantitative estimate of drug-likeness (QED) is 0.763. The highest BCUT2D eigenvalue weighted by Crippen LogP contribution is 2.43. The first kappa shape index (κ1) is 16.1. The van der Waals surface area contributed by atoms with Gasteiger partial charge >= 0.3 is 0 Å². The summed E-state index contributed by atoms with van der Waals surface area (Å²) >= 11 is 6.02. The zero-order valence-corrected chi connectivity index (χ0v) is 15.0. The number of fused-ring (bicyclic) bond motifs is 1. The maximum Gasteiger partial charge on any atom is 0.246 e. The molecular formula is C19H19ClN4O. The number of nitrogens with zero attached hydrogens (tertiary/aromatic N) is 3. The number of rotatable bonds is 4. The molecule has 0 spiro atoms. The van der Waals surface area contributed by atoms with E-state index >= 15 is 0 Å². The summed E-state index contributed by atoms with van der Waals surface area (Å²) in [6.45, 7) is 4.03. The van der Waals surface area contributed by atoms with Crippen LogP contribution in [0.5, 0.6) is 0 Å². The molecule has 0 atom stereocenters. The number of hydrogen-bond acceptors (Lipinski definition) is 3. The van der Waals surface area contributed by atoms with Gasteiger partial charge in [0, 0.05) is 22.3 Å². The molecule has 0 aliphatic heterocycles.